The summed E-state index contributed by atoms with van der Waals surface area (Å²) in [5, 5.41) is 0. The van der Waals surface area contributed by atoms with Crippen LogP contribution in [0.1, 0.15) is 44.6 Å². The summed E-state index contributed by atoms with van der Waals surface area (Å²) in [5.41, 5.74) is -1.71. The van der Waals surface area contributed by atoms with Gasteiger partial charge in [-0.05, 0) is 73.6 Å². The van der Waals surface area contributed by atoms with Crippen molar-refractivity contribution in [2.75, 3.05) is 0 Å². The van der Waals surface area contributed by atoms with Crippen LogP contribution in [0.4, 0.5) is 39.5 Å². The Morgan fingerprint density at radius 3 is 2.02 bits per heavy atom. The van der Waals surface area contributed by atoms with Crippen LogP contribution in [0.15, 0.2) is 66.9 Å². The van der Waals surface area contributed by atoms with Gasteiger partial charge < -0.3 is 14.2 Å². The first kappa shape index (κ1) is 31.1. The van der Waals surface area contributed by atoms with Crippen LogP contribution in [0.25, 0.3) is 11.1 Å². The van der Waals surface area contributed by atoms with E-state index < -0.39 is 64.5 Å². The molecular formula is C30H25F9O3. The highest BCUT2D eigenvalue weighted by Crippen LogP contribution is 2.42. The highest BCUT2D eigenvalue weighted by Gasteiger charge is 2.44. The minimum Gasteiger partial charge on any atom is -0.456 e. The summed E-state index contributed by atoms with van der Waals surface area (Å²) < 4.78 is 140. The molecule has 3 aromatic carbocycles. The molecule has 1 fully saturated rings. The summed E-state index contributed by atoms with van der Waals surface area (Å²) >= 11 is 0. The topological polar surface area (TPSA) is 27.7 Å². The van der Waals surface area contributed by atoms with Crippen LogP contribution in [0.5, 0.6) is 17.2 Å². The van der Waals surface area contributed by atoms with Gasteiger partial charge in [0.2, 0.25) is 0 Å². The number of hydrogen-bond acceptors (Lipinski definition) is 3. The van der Waals surface area contributed by atoms with Gasteiger partial charge in [-0.15, -0.1) is 0 Å². The quantitative estimate of drug-likeness (QED) is 0.170. The van der Waals surface area contributed by atoms with Crippen LogP contribution in [0.2, 0.25) is 0 Å². The van der Waals surface area contributed by atoms with E-state index in [9.17, 15) is 39.5 Å². The van der Waals surface area contributed by atoms with Gasteiger partial charge in [0.25, 0.3) is 0 Å². The molecule has 0 unspecified atom stereocenters. The fourth-order valence-electron chi connectivity index (χ4n) is 4.81. The average Bonchev–Trinajstić information content (AvgIpc) is 2.92. The smallest absolute Gasteiger partial charge is 0.429 e. The maximum Gasteiger partial charge on any atom is 0.429 e. The molecular weight excluding hydrogens is 579 g/mol. The predicted molar refractivity (Wildman–Crippen MR) is 135 cm³/mol. The SMILES string of the molecule is CCC1CCC(C(F)(F)Oc2ccc(-c3ccc(C(F)(F)Oc4ccc(OC=C(F)F)c(F)c4)c(F)c3)c(F)c2)CC1. The summed E-state index contributed by atoms with van der Waals surface area (Å²) in [6.45, 7) is 2.00. The zero-order valence-corrected chi connectivity index (χ0v) is 22.1. The van der Waals surface area contributed by atoms with Crippen molar-refractivity contribution in [2.45, 2.75) is 51.2 Å². The number of ether oxygens (including phenoxy) is 3. The Morgan fingerprint density at radius 1 is 0.786 bits per heavy atom. The Bertz CT molecular complexity index is 1430. The first-order valence-electron chi connectivity index (χ1n) is 13.0. The van der Waals surface area contributed by atoms with Gasteiger partial charge in [0, 0.05) is 17.7 Å². The molecule has 0 N–H and O–H groups in total. The van der Waals surface area contributed by atoms with Gasteiger partial charge in [-0.1, -0.05) is 19.4 Å². The Balaban J connectivity index is 1.47. The van der Waals surface area contributed by atoms with Crippen molar-refractivity contribution in [3.05, 3.63) is 90.0 Å². The van der Waals surface area contributed by atoms with Gasteiger partial charge in [0.05, 0.1) is 11.5 Å². The molecule has 0 bridgehead atoms. The highest BCUT2D eigenvalue weighted by atomic mass is 19.3. The molecule has 12 heteroatoms. The van der Waals surface area contributed by atoms with E-state index in [1.54, 1.807) is 0 Å². The van der Waals surface area contributed by atoms with E-state index in [-0.39, 0.29) is 30.2 Å². The minimum atomic E-state index is -4.33. The highest BCUT2D eigenvalue weighted by molar-refractivity contribution is 5.65. The summed E-state index contributed by atoms with van der Waals surface area (Å²) in [6, 6.07) is 7.01. The molecule has 0 amide bonds. The number of hydrogen-bond donors (Lipinski definition) is 0. The van der Waals surface area contributed by atoms with Gasteiger partial charge in [0.15, 0.2) is 17.8 Å². The van der Waals surface area contributed by atoms with Crippen LogP contribution in [-0.2, 0) is 6.11 Å². The van der Waals surface area contributed by atoms with Crippen molar-refractivity contribution in [2.24, 2.45) is 11.8 Å². The molecule has 0 aliphatic heterocycles. The van der Waals surface area contributed by atoms with Crippen LogP contribution in [0, 0.1) is 29.3 Å². The molecule has 3 nitrogen and oxygen atoms in total. The fraction of sp³-hybridized carbons (Fsp3) is 0.333. The lowest BCUT2D eigenvalue weighted by Gasteiger charge is -2.33. The largest absolute Gasteiger partial charge is 0.456 e. The van der Waals surface area contributed by atoms with Gasteiger partial charge in [-0.2, -0.15) is 26.3 Å². The molecule has 0 atom stereocenters. The summed E-state index contributed by atoms with van der Waals surface area (Å²) in [7, 11) is 0. The molecule has 1 aliphatic rings. The van der Waals surface area contributed by atoms with E-state index in [1.807, 2.05) is 6.92 Å². The summed E-state index contributed by atoms with van der Waals surface area (Å²) in [4.78, 5) is 0. The van der Waals surface area contributed by atoms with Crippen LogP contribution < -0.4 is 14.2 Å². The van der Waals surface area contributed by atoms with Crippen LogP contribution >= 0.6 is 0 Å². The van der Waals surface area contributed by atoms with Crippen LogP contribution in [0.3, 0.4) is 0 Å². The molecule has 1 saturated carbocycles. The van der Waals surface area contributed by atoms with E-state index in [0.29, 0.717) is 43.0 Å². The van der Waals surface area contributed by atoms with E-state index in [0.717, 1.165) is 36.8 Å². The fourth-order valence-corrected chi connectivity index (χ4v) is 4.81. The molecule has 3 aromatic rings. The van der Waals surface area contributed by atoms with E-state index in [1.165, 1.54) is 0 Å². The third kappa shape index (κ3) is 7.32. The zero-order valence-electron chi connectivity index (χ0n) is 22.1. The Kier molecular flexibility index (Phi) is 9.32. The molecule has 0 saturated heterocycles. The van der Waals surface area contributed by atoms with Gasteiger partial charge in [0.1, 0.15) is 23.1 Å². The first-order chi connectivity index (χ1) is 19.8. The molecule has 0 radical (unpaired) electrons. The average molecular weight is 605 g/mol. The van der Waals surface area contributed by atoms with E-state index in [4.69, 9.17) is 4.74 Å². The third-order valence-corrected chi connectivity index (χ3v) is 7.11. The van der Waals surface area contributed by atoms with Crippen molar-refractivity contribution in [1.29, 1.82) is 0 Å². The second-order valence-electron chi connectivity index (χ2n) is 9.86. The molecule has 226 valence electrons. The Morgan fingerprint density at radius 2 is 1.43 bits per heavy atom. The van der Waals surface area contributed by atoms with Crippen molar-refractivity contribution < 1.29 is 53.7 Å². The van der Waals surface area contributed by atoms with Crippen LogP contribution in [-0.4, -0.2) is 6.11 Å². The number of alkyl halides is 4. The van der Waals surface area contributed by atoms with E-state index in [2.05, 4.69) is 9.47 Å². The Labute approximate surface area is 235 Å². The molecule has 0 heterocycles. The third-order valence-electron chi connectivity index (χ3n) is 7.11. The normalized spacial score (nSPS) is 17.5. The van der Waals surface area contributed by atoms with Crippen molar-refractivity contribution in [1.82, 2.24) is 0 Å². The second kappa shape index (κ2) is 12.6. The van der Waals surface area contributed by atoms with Crippen molar-refractivity contribution in [3.63, 3.8) is 0 Å². The van der Waals surface area contributed by atoms with Gasteiger partial charge >= 0.3 is 18.3 Å². The second-order valence-corrected chi connectivity index (χ2v) is 9.86. The molecule has 0 spiro atoms. The lowest BCUT2D eigenvalue weighted by atomic mass is 9.80. The lowest BCUT2D eigenvalue weighted by molar-refractivity contribution is -0.223. The summed E-state index contributed by atoms with van der Waals surface area (Å²) in [6.07, 6.45) is -7.40. The summed E-state index contributed by atoms with van der Waals surface area (Å²) in [5.74, 6) is -6.39. The molecule has 42 heavy (non-hydrogen) atoms. The van der Waals surface area contributed by atoms with Gasteiger partial charge in [-0.25, -0.2) is 13.2 Å². The predicted octanol–water partition coefficient (Wildman–Crippen LogP) is 10.2. The Hall–Kier alpha value is -3.83. The minimum absolute atomic E-state index is 0.0536. The maximum absolute atomic E-state index is 14.9. The maximum atomic E-state index is 14.9. The molecule has 4 rings (SSSR count). The number of benzene rings is 3. The lowest BCUT2D eigenvalue weighted by Crippen LogP contribution is -2.37. The van der Waals surface area contributed by atoms with Crippen molar-refractivity contribution >= 4 is 0 Å². The number of rotatable bonds is 10. The molecule has 0 aromatic heterocycles. The molecule has 1 aliphatic carbocycles. The number of halogens is 9. The monoisotopic (exact) mass is 604 g/mol. The standard InChI is InChI=1S/C30H25F9O3/c1-2-17-3-6-19(7-4-17)29(36,37)41-20-8-10-22(24(31)14-20)18-5-11-23(25(32)13-18)30(38,39)42-21-9-12-27(26(33)15-21)40-16-28(34)35/h5,8-17,19H,2-4,6-7H2,1H3. The van der Waals surface area contributed by atoms with Crippen molar-refractivity contribution in [3.8, 4) is 28.4 Å². The zero-order chi connectivity index (χ0) is 30.7. The van der Waals surface area contributed by atoms with Gasteiger partial charge in [-0.3, -0.25) is 0 Å². The first-order valence-corrected chi connectivity index (χ1v) is 13.0. The van der Waals surface area contributed by atoms with E-state index >= 15 is 0 Å².